The van der Waals surface area contributed by atoms with Crippen LogP contribution in [0.3, 0.4) is 0 Å². The lowest BCUT2D eigenvalue weighted by Crippen LogP contribution is -2.46. The molecule has 0 aliphatic heterocycles. The smallest absolute Gasteiger partial charge is 0.303 e. The number of rotatable bonds is 9. The van der Waals surface area contributed by atoms with Gasteiger partial charge in [0.2, 0.25) is 5.91 Å². The Hall–Kier alpha value is -3.87. The summed E-state index contributed by atoms with van der Waals surface area (Å²) in [6, 6.07) is 19.2. The molecule has 154 valence electrons. The third-order valence-corrected chi connectivity index (χ3v) is 4.54. The largest absolute Gasteiger partial charge is 0.481 e. The third-order valence-electron chi connectivity index (χ3n) is 4.54. The van der Waals surface area contributed by atoms with E-state index in [9.17, 15) is 14.4 Å². The maximum absolute atomic E-state index is 12.6. The van der Waals surface area contributed by atoms with Crippen LogP contribution in [0.15, 0.2) is 77.4 Å². The van der Waals surface area contributed by atoms with Crippen LogP contribution in [-0.2, 0) is 16.1 Å². The van der Waals surface area contributed by atoms with Crippen molar-refractivity contribution < 1.29 is 23.9 Å². The van der Waals surface area contributed by atoms with Crippen molar-refractivity contribution in [2.75, 3.05) is 0 Å². The van der Waals surface area contributed by atoms with E-state index in [0.717, 1.165) is 11.1 Å². The quantitative estimate of drug-likeness (QED) is 0.506. The highest BCUT2D eigenvalue weighted by atomic mass is 16.4. The first-order valence-corrected chi connectivity index (χ1v) is 9.51. The van der Waals surface area contributed by atoms with Gasteiger partial charge in [-0.05, 0) is 41.8 Å². The molecule has 0 unspecified atom stereocenters. The highest BCUT2D eigenvalue weighted by Crippen LogP contribution is 2.19. The summed E-state index contributed by atoms with van der Waals surface area (Å²) in [6.07, 6.45) is 1.23. The number of furan rings is 1. The predicted octanol–water partition coefficient (Wildman–Crippen LogP) is 3.23. The fraction of sp³-hybridized carbons (Fsp3) is 0.174. The molecule has 30 heavy (non-hydrogen) atoms. The second-order valence-electron chi connectivity index (χ2n) is 6.70. The molecule has 1 heterocycles. The zero-order valence-electron chi connectivity index (χ0n) is 16.2. The molecule has 0 radical (unpaired) electrons. The highest BCUT2D eigenvalue weighted by molar-refractivity contribution is 5.98. The Bertz CT molecular complexity index is 982. The number of hydrogen-bond donors (Lipinski definition) is 3. The molecule has 3 aromatic rings. The first-order valence-electron chi connectivity index (χ1n) is 9.51. The van der Waals surface area contributed by atoms with E-state index in [1.165, 1.54) is 6.26 Å². The van der Waals surface area contributed by atoms with Gasteiger partial charge in [-0.3, -0.25) is 14.4 Å². The van der Waals surface area contributed by atoms with Crippen LogP contribution in [0.5, 0.6) is 0 Å². The lowest BCUT2D eigenvalue weighted by atomic mass is 10.0. The Morgan fingerprint density at radius 1 is 0.900 bits per heavy atom. The molecule has 1 atom stereocenters. The van der Waals surface area contributed by atoms with E-state index in [1.807, 2.05) is 42.5 Å². The first-order chi connectivity index (χ1) is 14.5. The van der Waals surface area contributed by atoms with Crippen LogP contribution in [0.4, 0.5) is 0 Å². The standard InChI is InChI=1S/C23H22N2O5/c26-21(27)13-12-20(23(29)24-15-19-7-4-14-30-19)25-22(28)18-10-8-17(9-11-18)16-5-2-1-3-6-16/h1-11,14,20H,12-13,15H2,(H,24,29)(H,25,28)(H,26,27)/t20-/m0/s1. The van der Waals surface area contributed by atoms with E-state index < -0.39 is 23.8 Å². The van der Waals surface area contributed by atoms with E-state index in [2.05, 4.69) is 10.6 Å². The SMILES string of the molecule is O=C(O)CC[C@H](NC(=O)c1ccc(-c2ccccc2)cc1)C(=O)NCc1ccco1. The molecule has 1 aromatic heterocycles. The predicted molar refractivity (Wildman–Crippen MR) is 111 cm³/mol. The molecule has 7 nitrogen and oxygen atoms in total. The van der Waals surface area contributed by atoms with E-state index in [4.69, 9.17) is 9.52 Å². The number of nitrogens with one attached hydrogen (secondary N) is 2. The van der Waals surface area contributed by atoms with E-state index in [1.54, 1.807) is 24.3 Å². The number of carbonyl (C=O) groups is 3. The van der Waals surface area contributed by atoms with Crippen molar-refractivity contribution in [1.82, 2.24) is 10.6 Å². The Morgan fingerprint density at radius 2 is 1.60 bits per heavy atom. The fourth-order valence-corrected chi connectivity index (χ4v) is 2.93. The zero-order chi connectivity index (χ0) is 21.3. The summed E-state index contributed by atoms with van der Waals surface area (Å²) in [7, 11) is 0. The number of aliphatic carboxylic acids is 1. The van der Waals surface area contributed by atoms with Crippen molar-refractivity contribution in [2.24, 2.45) is 0 Å². The zero-order valence-corrected chi connectivity index (χ0v) is 16.2. The average Bonchev–Trinajstić information content (AvgIpc) is 3.29. The second kappa shape index (κ2) is 10.1. The summed E-state index contributed by atoms with van der Waals surface area (Å²) in [6.45, 7) is 0.150. The van der Waals surface area contributed by atoms with Crippen LogP contribution in [0.25, 0.3) is 11.1 Å². The number of benzene rings is 2. The number of carbonyl (C=O) groups excluding carboxylic acids is 2. The minimum Gasteiger partial charge on any atom is -0.481 e. The summed E-state index contributed by atoms with van der Waals surface area (Å²) in [4.78, 5) is 36.1. The van der Waals surface area contributed by atoms with Gasteiger partial charge in [-0.15, -0.1) is 0 Å². The minimum atomic E-state index is -1.04. The Kier molecular flexibility index (Phi) is 7.00. The van der Waals surface area contributed by atoms with Crippen molar-refractivity contribution in [2.45, 2.75) is 25.4 Å². The van der Waals surface area contributed by atoms with Crippen LogP contribution >= 0.6 is 0 Å². The lowest BCUT2D eigenvalue weighted by molar-refractivity contribution is -0.137. The number of hydrogen-bond acceptors (Lipinski definition) is 4. The van der Waals surface area contributed by atoms with Gasteiger partial charge < -0.3 is 20.2 Å². The van der Waals surface area contributed by atoms with Crippen molar-refractivity contribution in [3.63, 3.8) is 0 Å². The molecule has 0 aliphatic rings. The molecular formula is C23H22N2O5. The summed E-state index contributed by atoms with van der Waals surface area (Å²) >= 11 is 0. The second-order valence-corrected chi connectivity index (χ2v) is 6.70. The van der Waals surface area contributed by atoms with Gasteiger partial charge in [0.15, 0.2) is 0 Å². The molecule has 3 N–H and O–H groups in total. The van der Waals surface area contributed by atoms with Crippen molar-refractivity contribution in [3.8, 4) is 11.1 Å². The van der Waals surface area contributed by atoms with E-state index in [0.29, 0.717) is 11.3 Å². The molecule has 0 fully saturated rings. The van der Waals surface area contributed by atoms with Crippen LogP contribution < -0.4 is 10.6 Å². The van der Waals surface area contributed by atoms with Crippen molar-refractivity contribution in [1.29, 1.82) is 0 Å². The van der Waals surface area contributed by atoms with E-state index >= 15 is 0 Å². The van der Waals surface area contributed by atoms with Crippen molar-refractivity contribution >= 4 is 17.8 Å². The van der Waals surface area contributed by atoms with Crippen LogP contribution in [0.1, 0.15) is 29.0 Å². The summed E-state index contributed by atoms with van der Waals surface area (Å²) in [5, 5.41) is 14.2. The Labute approximate surface area is 173 Å². The first kappa shape index (κ1) is 20.9. The van der Waals surface area contributed by atoms with Gasteiger partial charge in [0.05, 0.1) is 12.8 Å². The normalized spacial score (nSPS) is 11.5. The molecule has 2 amide bonds. The van der Waals surface area contributed by atoms with Gasteiger partial charge in [-0.25, -0.2) is 0 Å². The molecule has 0 aliphatic carbocycles. The van der Waals surface area contributed by atoms with Gasteiger partial charge in [0, 0.05) is 12.0 Å². The molecule has 2 aromatic carbocycles. The van der Waals surface area contributed by atoms with Gasteiger partial charge >= 0.3 is 5.97 Å². The Balaban J connectivity index is 1.65. The average molecular weight is 406 g/mol. The number of carboxylic acid groups (broad SMARTS) is 1. The third kappa shape index (κ3) is 5.81. The number of carboxylic acids is 1. The molecule has 0 spiro atoms. The molecule has 0 saturated heterocycles. The maximum atomic E-state index is 12.6. The summed E-state index contributed by atoms with van der Waals surface area (Å²) in [5.74, 6) is -1.40. The Morgan fingerprint density at radius 3 is 2.23 bits per heavy atom. The molecule has 3 rings (SSSR count). The van der Waals surface area contributed by atoms with Gasteiger partial charge in [-0.1, -0.05) is 42.5 Å². The van der Waals surface area contributed by atoms with Gasteiger partial charge in [0.1, 0.15) is 11.8 Å². The van der Waals surface area contributed by atoms with Crippen LogP contribution in [0, 0.1) is 0 Å². The summed E-state index contributed by atoms with van der Waals surface area (Å²) < 4.78 is 5.16. The highest BCUT2D eigenvalue weighted by Gasteiger charge is 2.22. The molecular weight excluding hydrogens is 384 g/mol. The van der Waals surface area contributed by atoms with E-state index in [-0.39, 0.29) is 19.4 Å². The van der Waals surface area contributed by atoms with Crippen LogP contribution in [-0.4, -0.2) is 28.9 Å². The molecule has 7 heteroatoms. The molecule has 0 bridgehead atoms. The minimum absolute atomic E-state index is 0.0207. The lowest BCUT2D eigenvalue weighted by Gasteiger charge is -2.17. The van der Waals surface area contributed by atoms with Crippen molar-refractivity contribution in [3.05, 3.63) is 84.3 Å². The number of amides is 2. The van der Waals surface area contributed by atoms with Gasteiger partial charge in [0.25, 0.3) is 5.91 Å². The summed E-state index contributed by atoms with van der Waals surface area (Å²) in [5.41, 5.74) is 2.38. The van der Waals surface area contributed by atoms with Crippen LogP contribution in [0.2, 0.25) is 0 Å². The molecule has 0 saturated carbocycles. The topological polar surface area (TPSA) is 109 Å². The monoisotopic (exact) mass is 406 g/mol. The fourth-order valence-electron chi connectivity index (χ4n) is 2.93. The maximum Gasteiger partial charge on any atom is 0.303 e. The van der Waals surface area contributed by atoms with Gasteiger partial charge in [-0.2, -0.15) is 0 Å².